The maximum Gasteiger partial charge on any atom is 0.226 e. The van der Waals surface area contributed by atoms with E-state index in [0.717, 1.165) is 11.3 Å². The third-order valence-electron chi connectivity index (χ3n) is 5.64. The van der Waals surface area contributed by atoms with Gasteiger partial charge in [0.1, 0.15) is 11.5 Å². The second kappa shape index (κ2) is 8.67. The highest BCUT2D eigenvalue weighted by Gasteiger charge is 2.45. The highest BCUT2D eigenvalue weighted by Crippen LogP contribution is 2.40. The van der Waals surface area contributed by atoms with Gasteiger partial charge < -0.3 is 14.6 Å². The van der Waals surface area contributed by atoms with E-state index in [1.54, 1.807) is 11.0 Å². The van der Waals surface area contributed by atoms with Crippen LogP contribution in [0.2, 0.25) is 5.02 Å². The van der Waals surface area contributed by atoms with Crippen LogP contribution in [-0.4, -0.2) is 38.7 Å². The fourth-order valence-corrected chi connectivity index (χ4v) is 4.36. The number of nitrogens with zero attached hydrogens (tertiary/aromatic N) is 3. The number of carbonyl (C=O) groups is 2. The number of hydrogen-bond acceptors (Lipinski definition) is 3. The fraction of sp³-hybridized carbons (Fsp3) is 0.348. The number of nitrogens with one attached hydrogen (secondary N) is 1. The number of halogens is 2. The Kier molecular flexibility index (Phi) is 5.96. The maximum absolute atomic E-state index is 14.1. The van der Waals surface area contributed by atoms with Gasteiger partial charge in [-0.15, -0.1) is 0 Å². The predicted molar refractivity (Wildman–Crippen MR) is 116 cm³/mol. The van der Waals surface area contributed by atoms with E-state index in [0.29, 0.717) is 18.5 Å². The molecule has 1 N–H and O–H groups in total. The average molecular weight is 443 g/mol. The number of rotatable bonds is 6. The first kappa shape index (κ1) is 21.3. The Bertz CT molecular complexity index is 1100. The number of amides is 2. The Hall–Kier alpha value is -2.93. The Balaban J connectivity index is 1.49. The smallest absolute Gasteiger partial charge is 0.226 e. The maximum atomic E-state index is 14.1. The third kappa shape index (κ3) is 4.28. The fourth-order valence-electron chi connectivity index (χ4n) is 4.24. The Morgan fingerprint density at radius 1 is 1.32 bits per heavy atom. The van der Waals surface area contributed by atoms with Crippen molar-refractivity contribution in [2.75, 3.05) is 6.54 Å². The topological polar surface area (TPSA) is 66.7 Å². The van der Waals surface area contributed by atoms with Gasteiger partial charge in [0, 0.05) is 37.8 Å². The van der Waals surface area contributed by atoms with Crippen molar-refractivity contribution in [3.05, 3.63) is 70.9 Å². The molecule has 3 heterocycles. The Morgan fingerprint density at radius 3 is 2.84 bits per heavy atom. The van der Waals surface area contributed by atoms with Gasteiger partial charge in [0.2, 0.25) is 11.8 Å². The zero-order valence-corrected chi connectivity index (χ0v) is 18.1. The summed E-state index contributed by atoms with van der Waals surface area (Å²) < 4.78 is 16.0. The first-order valence-electron chi connectivity index (χ1n) is 10.3. The standard InChI is InChI=1S/C23H24ClFN4O2/c1-14(2)29-21(30)12-17(22(29)15-6-7-18(24)19(25)11-15)23(31)26-9-8-16-13-28-10-4-3-5-20(28)27-16/h3-7,10-11,13-14,17,22H,8-9,12H2,1-2H3,(H,26,31)/t17-,22+/m1/s1. The molecule has 6 nitrogen and oxygen atoms in total. The molecule has 0 spiro atoms. The predicted octanol–water partition coefficient (Wildman–Crippen LogP) is 3.78. The lowest BCUT2D eigenvalue weighted by Crippen LogP contribution is -2.39. The van der Waals surface area contributed by atoms with E-state index < -0.39 is 17.8 Å². The molecule has 0 radical (unpaired) electrons. The normalized spacial score (nSPS) is 18.9. The van der Waals surface area contributed by atoms with E-state index in [4.69, 9.17) is 11.6 Å². The van der Waals surface area contributed by atoms with Crippen LogP contribution in [-0.2, 0) is 16.0 Å². The lowest BCUT2D eigenvalue weighted by molar-refractivity contribution is -0.130. The summed E-state index contributed by atoms with van der Waals surface area (Å²) in [6, 6.07) is 9.58. The number of carbonyl (C=O) groups excluding carboxylic acids is 2. The molecule has 8 heteroatoms. The first-order valence-corrected chi connectivity index (χ1v) is 10.7. The molecule has 2 amide bonds. The van der Waals surface area contributed by atoms with Crippen molar-refractivity contribution in [2.45, 2.75) is 38.8 Å². The molecule has 0 unspecified atom stereocenters. The molecule has 4 rings (SSSR count). The second-order valence-electron chi connectivity index (χ2n) is 8.06. The van der Waals surface area contributed by atoms with E-state index in [1.807, 2.05) is 48.8 Å². The summed E-state index contributed by atoms with van der Waals surface area (Å²) in [5.41, 5.74) is 2.29. The van der Waals surface area contributed by atoms with Crippen molar-refractivity contribution in [3.8, 4) is 0 Å². The monoisotopic (exact) mass is 442 g/mol. The van der Waals surface area contributed by atoms with E-state index in [-0.39, 0.29) is 29.3 Å². The summed E-state index contributed by atoms with van der Waals surface area (Å²) in [7, 11) is 0. The zero-order chi connectivity index (χ0) is 22.1. The van der Waals surface area contributed by atoms with Crippen molar-refractivity contribution < 1.29 is 14.0 Å². The highest BCUT2D eigenvalue weighted by molar-refractivity contribution is 6.30. The summed E-state index contributed by atoms with van der Waals surface area (Å²) in [6.07, 6.45) is 4.51. The molecule has 0 saturated carbocycles. The minimum Gasteiger partial charge on any atom is -0.355 e. The van der Waals surface area contributed by atoms with Crippen LogP contribution in [0, 0.1) is 11.7 Å². The van der Waals surface area contributed by atoms with E-state index in [9.17, 15) is 14.0 Å². The Labute approximate surface area is 185 Å². The number of benzene rings is 1. The second-order valence-corrected chi connectivity index (χ2v) is 8.47. The van der Waals surface area contributed by atoms with Crippen LogP contribution in [0.3, 0.4) is 0 Å². The van der Waals surface area contributed by atoms with Crippen LogP contribution in [0.25, 0.3) is 5.65 Å². The minimum absolute atomic E-state index is 0.0117. The van der Waals surface area contributed by atoms with Crippen LogP contribution in [0.5, 0.6) is 0 Å². The summed E-state index contributed by atoms with van der Waals surface area (Å²) >= 11 is 5.83. The van der Waals surface area contributed by atoms with Gasteiger partial charge >= 0.3 is 0 Å². The van der Waals surface area contributed by atoms with Crippen molar-refractivity contribution in [1.29, 1.82) is 0 Å². The van der Waals surface area contributed by atoms with E-state index >= 15 is 0 Å². The van der Waals surface area contributed by atoms with Gasteiger partial charge in [-0.05, 0) is 43.7 Å². The van der Waals surface area contributed by atoms with Gasteiger partial charge in [-0.3, -0.25) is 9.59 Å². The number of pyridine rings is 1. The molecule has 0 bridgehead atoms. The van der Waals surface area contributed by atoms with Crippen molar-refractivity contribution in [1.82, 2.24) is 19.6 Å². The summed E-state index contributed by atoms with van der Waals surface area (Å²) in [5, 5.41) is 2.95. The summed E-state index contributed by atoms with van der Waals surface area (Å²) in [6.45, 7) is 4.18. The van der Waals surface area contributed by atoms with E-state index in [1.165, 1.54) is 12.1 Å². The lowest BCUT2D eigenvalue weighted by atomic mass is 9.92. The summed E-state index contributed by atoms with van der Waals surface area (Å²) in [5.74, 6) is -1.50. The molecule has 3 aromatic rings. The van der Waals surface area contributed by atoms with Gasteiger partial charge in [0.05, 0.1) is 22.7 Å². The lowest BCUT2D eigenvalue weighted by Gasteiger charge is -2.31. The minimum atomic E-state index is -0.600. The van der Waals surface area contributed by atoms with Crippen LogP contribution in [0.1, 0.15) is 37.6 Å². The van der Waals surface area contributed by atoms with Gasteiger partial charge in [0.25, 0.3) is 0 Å². The van der Waals surface area contributed by atoms with Crippen molar-refractivity contribution in [2.24, 2.45) is 5.92 Å². The molecule has 31 heavy (non-hydrogen) atoms. The molecule has 1 fully saturated rings. The van der Waals surface area contributed by atoms with Gasteiger partial charge in [-0.25, -0.2) is 9.37 Å². The molecule has 1 aromatic carbocycles. The third-order valence-corrected chi connectivity index (χ3v) is 5.94. The average Bonchev–Trinajstić information content (AvgIpc) is 3.30. The van der Waals surface area contributed by atoms with Crippen LogP contribution >= 0.6 is 11.6 Å². The first-order chi connectivity index (χ1) is 14.8. The highest BCUT2D eigenvalue weighted by atomic mass is 35.5. The van der Waals surface area contributed by atoms with E-state index in [2.05, 4.69) is 10.3 Å². The molecule has 0 aliphatic carbocycles. The molecular formula is C23H24ClFN4O2. The zero-order valence-electron chi connectivity index (χ0n) is 17.4. The van der Waals surface area contributed by atoms with Crippen LogP contribution in [0.15, 0.2) is 48.8 Å². The van der Waals surface area contributed by atoms with Crippen LogP contribution in [0.4, 0.5) is 4.39 Å². The molecule has 1 aliphatic rings. The van der Waals surface area contributed by atoms with Crippen molar-refractivity contribution >= 4 is 29.1 Å². The van der Waals surface area contributed by atoms with Gasteiger partial charge in [-0.1, -0.05) is 23.7 Å². The van der Waals surface area contributed by atoms with Gasteiger partial charge in [0.15, 0.2) is 0 Å². The quantitative estimate of drug-likeness (QED) is 0.631. The molecule has 162 valence electrons. The summed E-state index contributed by atoms with van der Waals surface area (Å²) in [4.78, 5) is 31.9. The number of likely N-dealkylation sites (tertiary alicyclic amines) is 1. The number of fused-ring (bicyclic) bond motifs is 1. The Morgan fingerprint density at radius 2 is 2.13 bits per heavy atom. The van der Waals surface area contributed by atoms with Crippen LogP contribution < -0.4 is 5.32 Å². The largest absolute Gasteiger partial charge is 0.355 e. The number of aromatic nitrogens is 2. The van der Waals surface area contributed by atoms with Gasteiger partial charge in [-0.2, -0.15) is 0 Å². The molecule has 2 atom stereocenters. The number of imidazole rings is 1. The van der Waals surface area contributed by atoms with Crippen molar-refractivity contribution in [3.63, 3.8) is 0 Å². The SMILES string of the molecule is CC(C)N1C(=O)C[C@@H](C(=O)NCCc2cn3ccccc3n2)[C@@H]1c1ccc(Cl)c(F)c1. The molecule has 1 saturated heterocycles. The number of hydrogen-bond donors (Lipinski definition) is 1. The molecule has 2 aromatic heterocycles. The molecule has 1 aliphatic heterocycles. The molecular weight excluding hydrogens is 419 g/mol.